The molecule has 2 aromatic heterocycles. The molecule has 1 aliphatic rings. The van der Waals surface area contributed by atoms with Crippen LogP contribution in [0.25, 0.3) is 11.0 Å². The molecule has 0 spiro atoms. The third-order valence-corrected chi connectivity index (χ3v) is 4.04. The number of Topliss-reactive ketones (excluding diaryl/α,β-unsaturated/α-hetero) is 1. The Morgan fingerprint density at radius 1 is 1.29 bits per heavy atom. The number of carbonyl (C=O) groups is 2. The Morgan fingerprint density at radius 2 is 2.00 bits per heavy atom. The van der Waals surface area contributed by atoms with Crippen molar-refractivity contribution in [2.75, 3.05) is 13.1 Å². The number of aromatic amines is 1. The number of H-pyrrole nitrogens is 1. The van der Waals surface area contributed by atoms with E-state index >= 15 is 0 Å². The maximum absolute atomic E-state index is 12.6. The first-order valence-electron chi connectivity index (χ1n) is 8.16. The first-order chi connectivity index (χ1) is 11.3. The number of nitrogens with one attached hydrogen (secondary N) is 1. The van der Waals surface area contributed by atoms with Crippen molar-refractivity contribution in [3.05, 3.63) is 24.3 Å². The average Bonchev–Trinajstić information content (AvgIpc) is 3.00. The minimum Gasteiger partial charge on any atom is -0.444 e. The summed E-state index contributed by atoms with van der Waals surface area (Å²) in [5, 5.41) is 0.881. The number of amides is 1. The molecule has 0 radical (unpaired) electrons. The van der Waals surface area contributed by atoms with Crippen LogP contribution in [0.1, 0.15) is 44.2 Å². The maximum atomic E-state index is 12.6. The first-order valence-corrected chi connectivity index (χ1v) is 8.16. The zero-order valence-corrected chi connectivity index (χ0v) is 14.2. The van der Waals surface area contributed by atoms with Gasteiger partial charge >= 0.3 is 6.09 Å². The first kappa shape index (κ1) is 16.4. The average molecular weight is 330 g/mol. The molecule has 0 atom stereocenters. The van der Waals surface area contributed by atoms with Gasteiger partial charge in [-0.05, 0) is 39.7 Å². The van der Waals surface area contributed by atoms with Gasteiger partial charge in [-0.15, -0.1) is 0 Å². The summed E-state index contributed by atoms with van der Waals surface area (Å²) >= 11 is 0. The van der Waals surface area contributed by atoms with E-state index in [1.807, 2.05) is 26.8 Å². The second kappa shape index (κ2) is 6.22. The van der Waals surface area contributed by atoms with E-state index in [1.54, 1.807) is 17.3 Å². The quantitative estimate of drug-likeness (QED) is 0.855. The number of ketones is 1. The van der Waals surface area contributed by atoms with E-state index in [9.17, 15) is 9.59 Å². The number of hydrogen-bond acceptors (Lipinski definition) is 5. The summed E-state index contributed by atoms with van der Waals surface area (Å²) in [5.74, 6) is 0.0205. The number of fused-ring (bicyclic) bond motifs is 1. The van der Waals surface area contributed by atoms with Crippen LogP contribution < -0.4 is 0 Å². The Balaban J connectivity index is 1.61. The number of likely N-dealkylation sites (tertiary alicyclic amines) is 1. The van der Waals surface area contributed by atoms with Gasteiger partial charge in [-0.3, -0.25) is 4.79 Å². The fraction of sp³-hybridized carbons (Fsp3) is 0.529. The molecule has 1 fully saturated rings. The van der Waals surface area contributed by atoms with Gasteiger partial charge in [-0.2, -0.15) is 0 Å². The van der Waals surface area contributed by atoms with Gasteiger partial charge in [0.2, 0.25) is 5.78 Å². The normalized spacial score (nSPS) is 16.4. The molecule has 128 valence electrons. The van der Waals surface area contributed by atoms with Crippen molar-refractivity contribution in [2.24, 2.45) is 5.92 Å². The highest BCUT2D eigenvalue weighted by Crippen LogP contribution is 2.22. The van der Waals surface area contributed by atoms with E-state index in [4.69, 9.17) is 4.74 Å². The fourth-order valence-electron chi connectivity index (χ4n) is 2.79. The molecule has 0 aromatic carbocycles. The summed E-state index contributed by atoms with van der Waals surface area (Å²) in [6.45, 7) is 6.55. The van der Waals surface area contributed by atoms with Crippen LogP contribution in [0.2, 0.25) is 0 Å². The van der Waals surface area contributed by atoms with Crippen LogP contribution in [0.5, 0.6) is 0 Å². The minimum absolute atomic E-state index is 0.0599. The lowest BCUT2D eigenvalue weighted by molar-refractivity contribution is 0.0182. The highest BCUT2D eigenvalue weighted by Gasteiger charge is 2.31. The lowest BCUT2D eigenvalue weighted by Gasteiger charge is -2.32. The van der Waals surface area contributed by atoms with E-state index in [0.717, 1.165) is 5.39 Å². The molecule has 3 rings (SSSR count). The third-order valence-electron chi connectivity index (χ3n) is 4.04. The second-order valence-corrected chi connectivity index (χ2v) is 7.08. The van der Waals surface area contributed by atoms with Gasteiger partial charge in [0.25, 0.3) is 0 Å². The highest BCUT2D eigenvalue weighted by atomic mass is 16.6. The monoisotopic (exact) mass is 330 g/mol. The molecular weight excluding hydrogens is 308 g/mol. The third kappa shape index (κ3) is 3.55. The summed E-state index contributed by atoms with van der Waals surface area (Å²) in [4.78, 5) is 37.8. The van der Waals surface area contributed by atoms with Crippen LogP contribution in [-0.2, 0) is 4.74 Å². The maximum Gasteiger partial charge on any atom is 0.410 e. The lowest BCUT2D eigenvalue weighted by atomic mass is 9.92. The van der Waals surface area contributed by atoms with E-state index in [2.05, 4.69) is 15.0 Å². The number of aromatic nitrogens is 3. The van der Waals surface area contributed by atoms with Crippen LogP contribution >= 0.6 is 0 Å². The number of hydrogen-bond donors (Lipinski definition) is 1. The summed E-state index contributed by atoms with van der Waals surface area (Å²) < 4.78 is 5.37. The summed E-state index contributed by atoms with van der Waals surface area (Å²) in [6.07, 6.45) is 4.31. The Morgan fingerprint density at radius 3 is 2.67 bits per heavy atom. The molecule has 3 heterocycles. The Bertz CT molecular complexity index is 755. The Hall–Kier alpha value is -2.44. The van der Waals surface area contributed by atoms with Crippen molar-refractivity contribution in [2.45, 2.75) is 39.2 Å². The van der Waals surface area contributed by atoms with E-state index in [0.29, 0.717) is 31.6 Å². The number of rotatable bonds is 2. The largest absolute Gasteiger partial charge is 0.444 e. The molecular formula is C17H22N4O3. The molecule has 0 unspecified atom stereocenters. The van der Waals surface area contributed by atoms with Crippen molar-refractivity contribution in [3.63, 3.8) is 0 Å². The van der Waals surface area contributed by atoms with Gasteiger partial charge in [0.1, 0.15) is 11.2 Å². The highest BCUT2D eigenvalue weighted by molar-refractivity contribution is 5.95. The molecule has 0 aliphatic carbocycles. The number of nitrogens with zero attached hydrogens (tertiary/aromatic N) is 3. The van der Waals surface area contributed by atoms with Gasteiger partial charge in [0.15, 0.2) is 5.82 Å². The molecule has 1 N–H and O–H groups in total. The van der Waals surface area contributed by atoms with Crippen molar-refractivity contribution < 1.29 is 14.3 Å². The Kier molecular flexibility index (Phi) is 4.26. The van der Waals surface area contributed by atoms with Crippen LogP contribution in [0.15, 0.2) is 18.5 Å². The Labute approximate surface area is 140 Å². The second-order valence-electron chi connectivity index (χ2n) is 7.08. The standard InChI is InChI=1S/C17H22N4O3/c1-17(2,3)24-16(23)21-8-5-11(6-9-21)13(22)15-19-10-12-4-7-18-14(12)20-15/h4,7,10-11H,5-6,8-9H2,1-3H3,(H,18,19,20). The molecule has 1 saturated heterocycles. The molecule has 1 aliphatic heterocycles. The molecule has 24 heavy (non-hydrogen) atoms. The van der Waals surface area contributed by atoms with Gasteiger partial charge in [-0.1, -0.05) is 0 Å². The fourth-order valence-corrected chi connectivity index (χ4v) is 2.79. The lowest BCUT2D eigenvalue weighted by Crippen LogP contribution is -2.43. The van der Waals surface area contributed by atoms with Gasteiger partial charge in [0.05, 0.1) is 0 Å². The molecule has 2 aromatic rings. The number of piperidine rings is 1. The van der Waals surface area contributed by atoms with E-state index < -0.39 is 5.60 Å². The smallest absolute Gasteiger partial charge is 0.410 e. The predicted octanol–water partition coefficient (Wildman–Crippen LogP) is 2.79. The molecule has 7 nitrogen and oxygen atoms in total. The zero-order valence-electron chi connectivity index (χ0n) is 14.2. The molecule has 0 saturated carbocycles. The van der Waals surface area contributed by atoms with Crippen molar-refractivity contribution in [1.29, 1.82) is 0 Å². The predicted molar refractivity (Wildman–Crippen MR) is 88.8 cm³/mol. The van der Waals surface area contributed by atoms with Gasteiger partial charge < -0.3 is 14.6 Å². The van der Waals surface area contributed by atoms with Crippen molar-refractivity contribution in [3.8, 4) is 0 Å². The van der Waals surface area contributed by atoms with Crippen molar-refractivity contribution >= 4 is 22.9 Å². The van der Waals surface area contributed by atoms with E-state index in [1.165, 1.54) is 0 Å². The topological polar surface area (TPSA) is 88.2 Å². The van der Waals surface area contributed by atoms with E-state index in [-0.39, 0.29) is 23.6 Å². The number of ether oxygens (including phenoxy) is 1. The molecule has 7 heteroatoms. The minimum atomic E-state index is -0.511. The number of carbonyl (C=O) groups excluding carboxylic acids is 2. The van der Waals surface area contributed by atoms with Crippen LogP contribution in [0.4, 0.5) is 4.79 Å². The summed E-state index contributed by atoms with van der Waals surface area (Å²) in [5.41, 5.74) is 0.155. The molecule has 0 bridgehead atoms. The van der Waals surface area contributed by atoms with Gasteiger partial charge in [-0.25, -0.2) is 14.8 Å². The summed E-state index contributed by atoms with van der Waals surface area (Å²) in [6, 6.07) is 1.86. The van der Waals surface area contributed by atoms with Gasteiger partial charge in [0, 0.05) is 36.8 Å². The summed E-state index contributed by atoms with van der Waals surface area (Å²) in [7, 11) is 0. The SMILES string of the molecule is CC(C)(C)OC(=O)N1CCC(C(=O)c2ncc3cc[nH]c3n2)CC1. The van der Waals surface area contributed by atoms with Crippen molar-refractivity contribution in [1.82, 2.24) is 19.9 Å². The molecule has 1 amide bonds. The van der Waals surface area contributed by atoms with Crippen LogP contribution in [0.3, 0.4) is 0 Å². The van der Waals surface area contributed by atoms with Crippen LogP contribution in [-0.4, -0.2) is 50.4 Å². The van der Waals surface area contributed by atoms with Crippen LogP contribution in [0, 0.1) is 5.92 Å². The zero-order chi connectivity index (χ0) is 17.3.